The van der Waals surface area contributed by atoms with E-state index in [4.69, 9.17) is 0 Å². The van der Waals surface area contributed by atoms with Crippen LogP contribution >= 0.6 is 0 Å². The predicted molar refractivity (Wildman–Crippen MR) is 46.9 cm³/mol. The number of halogens is 4. The first kappa shape index (κ1) is 11.8. The number of alkyl halides is 3. The molecule has 1 rings (SSSR count). The van der Waals surface area contributed by atoms with Crippen molar-refractivity contribution in [3.63, 3.8) is 0 Å². The topological polar surface area (TPSA) is 9.23 Å². The van der Waals surface area contributed by atoms with E-state index in [1.807, 2.05) is 0 Å². The van der Waals surface area contributed by atoms with Crippen LogP contribution < -0.4 is 4.74 Å². The summed E-state index contributed by atoms with van der Waals surface area (Å²) in [6.07, 6.45) is -4.78. The molecule has 1 aromatic carbocycles. The average Bonchev–Trinajstić information content (AvgIpc) is 2.05. The maximum atomic E-state index is 12.8. The Morgan fingerprint density at radius 3 is 2.40 bits per heavy atom. The van der Waals surface area contributed by atoms with Gasteiger partial charge in [-0.25, -0.2) is 4.39 Å². The van der Waals surface area contributed by atoms with E-state index in [1.165, 1.54) is 0 Å². The number of hydrogen-bond donors (Lipinski definition) is 0. The van der Waals surface area contributed by atoms with E-state index < -0.39 is 23.8 Å². The van der Waals surface area contributed by atoms with E-state index in [2.05, 4.69) is 11.7 Å². The normalized spacial score (nSPS) is 11.9. The zero-order chi connectivity index (χ0) is 11.6. The van der Waals surface area contributed by atoms with Gasteiger partial charge in [0.05, 0.1) is 0 Å². The second kappa shape index (κ2) is 4.08. The molecule has 1 unspecified atom stereocenters. The summed E-state index contributed by atoms with van der Waals surface area (Å²) >= 11 is 0. The lowest BCUT2D eigenvalue weighted by molar-refractivity contribution is -0.274. The third-order valence-corrected chi connectivity index (χ3v) is 1.73. The molecule has 5 heteroatoms. The van der Waals surface area contributed by atoms with Gasteiger partial charge in [0.1, 0.15) is 11.6 Å². The molecule has 0 spiro atoms. The second-order valence-corrected chi connectivity index (χ2v) is 3.13. The van der Waals surface area contributed by atoms with E-state index in [-0.39, 0.29) is 5.56 Å². The van der Waals surface area contributed by atoms with Gasteiger partial charge in [0.25, 0.3) is 0 Å². The van der Waals surface area contributed by atoms with Crippen LogP contribution in [-0.2, 0) is 0 Å². The Bertz CT molecular complexity index is 344. The van der Waals surface area contributed by atoms with Gasteiger partial charge in [-0.05, 0) is 31.0 Å². The molecule has 1 radical (unpaired) electrons. The van der Waals surface area contributed by atoms with Crippen LogP contribution in [0.5, 0.6) is 5.75 Å². The highest BCUT2D eigenvalue weighted by Crippen LogP contribution is 2.31. The summed E-state index contributed by atoms with van der Waals surface area (Å²) in [5.41, 5.74) is 0.0901. The van der Waals surface area contributed by atoms with Crippen molar-refractivity contribution in [2.75, 3.05) is 0 Å². The van der Waals surface area contributed by atoms with Crippen molar-refractivity contribution in [2.24, 2.45) is 0 Å². The van der Waals surface area contributed by atoms with Crippen LogP contribution in [0.1, 0.15) is 18.4 Å². The highest BCUT2D eigenvalue weighted by Gasteiger charge is 2.32. The SMILES string of the molecule is [CH2]C(C)c1cc(F)ccc1OC(F)(F)F. The molecule has 1 nitrogen and oxygen atoms in total. The Labute approximate surface area is 84.7 Å². The molecule has 0 N–H and O–H groups in total. The molecule has 0 aliphatic rings. The lowest BCUT2D eigenvalue weighted by Crippen LogP contribution is -2.18. The maximum absolute atomic E-state index is 12.8. The predicted octanol–water partition coefficient (Wildman–Crippen LogP) is 3.66. The zero-order valence-electron chi connectivity index (χ0n) is 7.94. The third kappa shape index (κ3) is 3.42. The Balaban J connectivity index is 3.06. The van der Waals surface area contributed by atoms with E-state index in [0.29, 0.717) is 0 Å². The number of benzene rings is 1. The summed E-state index contributed by atoms with van der Waals surface area (Å²) in [4.78, 5) is 0. The standard InChI is InChI=1S/C10H9F4O/c1-6(2)8-5-7(11)3-4-9(8)15-10(12,13)14/h3-6H,1H2,2H3. The maximum Gasteiger partial charge on any atom is 0.573 e. The van der Waals surface area contributed by atoms with Crippen LogP contribution in [0.25, 0.3) is 0 Å². The summed E-state index contributed by atoms with van der Waals surface area (Å²) in [5, 5.41) is 0. The molecule has 0 saturated carbocycles. The second-order valence-electron chi connectivity index (χ2n) is 3.13. The van der Waals surface area contributed by atoms with E-state index in [1.54, 1.807) is 6.92 Å². The minimum absolute atomic E-state index is 0.0901. The zero-order valence-corrected chi connectivity index (χ0v) is 7.94. The summed E-state index contributed by atoms with van der Waals surface area (Å²) in [6, 6.07) is 2.84. The van der Waals surface area contributed by atoms with Gasteiger partial charge in [-0.3, -0.25) is 0 Å². The van der Waals surface area contributed by atoms with E-state index >= 15 is 0 Å². The lowest BCUT2D eigenvalue weighted by Gasteiger charge is -2.15. The van der Waals surface area contributed by atoms with Crippen molar-refractivity contribution in [1.29, 1.82) is 0 Å². The van der Waals surface area contributed by atoms with Crippen molar-refractivity contribution in [2.45, 2.75) is 19.2 Å². The summed E-state index contributed by atoms with van der Waals surface area (Å²) in [5.74, 6) is -1.51. The fourth-order valence-electron chi connectivity index (χ4n) is 1.12. The molecule has 0 bridgehead atoms. The van der Waals surface area contributed by atoms with Crippen LogP contribution in [0.3, 0.4) is 0 Å². The molecule has 0 heterocycles. The van der Waals surface area contributed by atoms with Crippen molar-refractivity contribution in [3.8, 4) is 5.75 Å². The fraction of sp³-hybridized carbons (Fsp3) is 0.300. The number of hydrogen-bond acceptors (Lipinski definition) is 1. The molecule has 15 heavy (non-hydrogen) atoms. The Morgan fingerprint density at radius 1 is 1.33 bits per heavy atom. The minimum atomic E-state index is -4.78. The molecule has 0 amide bonds. The van der Waals surface area contributed by atoms with Crippen LogP contribution in [-0.4, -0.2) is 6.36 Å². The first-order chi connectivity index (χ1) is 6.79. The first-order valence-corrected chi connectivity index (χ1v) is 4.18. The van der Waals surface area contributed by atoms with Crippen LogP contribution in [0.15, 0.2) is 18.2 Å². The molecule has 1 aromatic rings. The Morgan fingerprint density at radius 2 is 1.93 bits per heavy atom. The monoisotopic (exact) mass is 221 g/mol. The third-order valence-electron chi connectivity index (χ3n) is 1.73. The van der Waals surface area contributed by atoms with Gasteiger partial charge in [0.2, 0.25) is 0 Å². The van der Waals surface area contributed by atoms with Gasteiger partial charge in [0.15, 0.2) is 0 Å². The summed E-state index contributed by atoms with van der Waals surface area (Å²) in [7, 11) is 0. The first-order valence-electron chi connectivity index (χ1n) is 4.18. The van der Waals surface area contributed by atoms with Gasteiger partial charge >= 0.3 is 6.36 Å². The van der Waals surface area contributed by atoms with E-state index in [9.17, 15) is 17.6 Å². The Hall–Kier alpha value is -1.26. The van der Waals surface area contributed by atoms with Gasteiger partial charge in [-0.1, -0.05) is 6.92 Å². The van der Waals surface area contributed by atoms with Crippen molar-refractivity contribution in [1.82, 2.24) is 0 Å². The largest absolute Gasteiger partial charge is 0.573 e. The highest BCUT2D eigenvalue weighted by molar-refractivity contribution is 5.37. The van der Waals surface area contributed by atoms with Crippen molar-refractivity contribution < 1.29 is 22.3 Å². The molecule has 0 aliphatic heterocycles. The van der Waals surface area contributed by atoms with Gasteiger partial charge in [-0.2, -0.15) is 0 Å². The molecule has 0 fully saturated rings. The quantitative estimate of drug-likeness (QED) is 0.692. The Kier molecular flexibility index (Phi) is 3.21. The minimum Gasteiger partial charge on any atom is -0.405 e. The molecule has 0 aliphatic carbocycles. The van der Waals surface area contributed by atoms with Gasteiger partial charge in [-0.15, -0.1) is 13.2 Å². The molecule has 0 saturated heterocycles. The van der Waals surface area contributed by atoms with Crippen molar-refractivity contribution in [3.05, 3.63) is 36.5 Å². The number of ether oxygens (including phenoxy) is 1. The molecule has 83 valence electrons. The van der Waals surface area contributed by atoms with Crippen LogP contribution in [0.4, 0.5) is 17.6 Å². The molecular formula is C10H9F4O. The molecular weight excluding hydrogens is 212 g/mol. The smallest absolute Gasteiger partial charge is 0.405 e. The molecule has 1 atom stereocenters. The van der Waals surface area contributed by atoms with Gasteiger partial charge in [0, 0.05) is 5.56 Å². The van der Waals surface area contributed by atoms with Crippen LogP contribution in [0.2, 0.25) is 0 Å². The van der Waals surface area contributed by atoms with Crippen molar-refractivity contribution >= 4 is 0 Å². The average molecular weight is 221 g/mol. The molecule has 0 aromatic heterocycles. The van der Waals surface area contributed by atoms with Crippen LogP contribution in [0, 0.1) is 12.7 Å². The number of rotatable bonds is 2. The fourth-order valence-corrected chi connectivity index (χ4v) is 1.12. The van der Waals surface area contributed by atoms with E-state index in [0.717, 1.165) is 18.2 Å². The summed E-state index contributed by atoms with van der Waals surface area (Å²) in [6.45, 7) is 5.08. The summed E-state index contributed by atoms with van der Waals surface area (Å²) < 4.78 is 52.4. The lowest BCUT2D eigenvalue weighted by atomic mass is 10.0. The highest BCUT2D eigenvalue weighted by atomic mass is 19.4. The van der Waals surface area contributed by atoms with Gasteiger partial charge < -0.3 is 4.74 Å².